The quantitative estimate of drug-likeness (QED) is 0.172. The van der Waals surface area contributed by atoms with Crippen molar-refractivity contribution in [2.45, 2.75) is 169 Å². The molecule has 3 aromatic carbocycles. The third-order valence-electron chi connectivity index (χ3n) is 11.4. The fourth-order valence-corrected chi connectivity index (χ4v) is 8.19. The maximum absolute atomic E-state index is 14.6. The van der Waals surface area contributed by atoms with Gasteiger partial charge in [0.25, 0.3) is 0 Å². The molecular formula is C47H65N3O6. The maximum Gasteiger partial charge on any atom is 0.336 e. The van der Waals surface area contributed by atoms with Gasteiger partial charge >= 0.3 is 17.1 Å². The number of nitrogens with zero attached hydrogens (tertiary/aromatic N) is 3. The molecule has 1 aliphatic carbocycles. The Morgan fingerprint density at radius 3 is 1.09 bits per heavy atom. The topological polar surface area (TPSA) is 127 Å². The van der Waals surface area contributed by atoms with Gasteiger partial charge in [0.05, 0.1) is 19.6 Å². The van der Waals surface area contributed by atoms with E-state index in [-0.39, 0.29) is 42.8 Å². The number of hydrogen-bond acceptors (Lipinski definition) is 6. The highest BCUT2D eigenvalue weighted by Crippen LogP contribution is 2.42. The molecule has 1 saturated carbocycles. The number of rotatable bonds is 7. The first-order valence-electron chi connectivity index (χ1n) is 20.2. The van der Waals surface area contributed by atoms with Crippen LogP contribution in [0, 0.1) is 6.92 Å². The molecule has 0 unspecified atom stereocenters. The van der Waals surface area contributed by atoms with Crippen molar-refractivity contribution in [2.75, 3.05) is 0 Å². The van der Waals surface area contributed by atoms with E-state index >= 15 is 0 Å². The van der Waals surface area contributed by atoms with Crippen molar-refractivity contribution in [3.8, 4) is 17.2 Å². The maximum atomic E-state index is 14.6. The Kier molecular flexibility index (Phi) is 11.5. The summed E-state index contributed by atoms with van der Waals surface area (Å²) >= 11 is 0. The fourth-order valence-electron chi connectivity index (χ4n) is 8.19. The molecule has 0 bridgehead atoms. The Balaban J connectivity index is 1.77. The fraction of sp³-hybridized carbons (Fsp3) is 0.553. The summed E-state index contributed by atoms with van der Waals surface area (Å²) in [5.74, 6) is 0.827. The van der Waals surface area contributed by atoms with Gasteiger partial charge in [0, 0.05) is 0 Å². The highest BCUT2D eigenvalue weighted by atomic mass is 16.3. The van der Waals surface area contributed by atoms with Crippen molar-refractivity contribution in [3.63, 3.8) is 0 Å². The minimum atomic E-state index is -0.744. The molecule has 1 aromatic heterocycles. The first-order chi connectivity index (χ1) is 25.7. The van der Waals surface area contributed by atoms with E-state index in [0.717, 1.165) is 51.4 Å². The minimum absolute atomic E-state index is 0.0924. The van der Waals surface area contributed by atoms with Gasteiger partial charge in [-0.25, -0.2) is 28.1 Å². The first kappa shape index (κ1) is 42.6. The summed E-state index contributed by atoms with van der Waals surface area (Å²) in [5, 5.41) is 34.0. The van der Waals surface area contributed by atoms with Gasteiger partial charge in [-0.05, 0) is 122 Å². The zero-order valence-electron chi connectivity index (χ0n) is 36.1. The van der Waals surface area contributed by atoms with Gasteiger partial charge in [-0.15, -0.1) is 0 Å². The Morgan fingerprint density at radius 1 is 0.482 bits per heavy atom. The zero-order chi connectivity index (χ0) is 41.9. The van der Waals surface area contributed by atoms with Crippen LogP contribution in [0.1, 0.15) is 171 Å². The van der Waals surface area contributed by atoms with Gasteiger partial charge in [-0.2, -0.15) is 0 Å². The van der Waals surface area contributed by atoms with Gasteiger partial charge in [0.2, 0.25) is 0 Å². The lowest BCUT2D eigenvalue weighted by Crippen LogP contribution is -2.54. The summed E-state index contributed by atoms with van der Waals surface area (Å²) in [6.45, 7) is 25.6. The van der Waals surface area contributed by atoms with Crippen molar-refractivity contribution in [2.24, 2.45) is 0 Å². The van der Waals surface area contributed by atoms with E-state index in [1.165, 1.54) is 0 Å². The highest BCUT2D eigenvalue weighted by Gasteiger charge is 2.30. The predicted octanol–water partition coefficient (Wildman–Crippen LogP) is 8.98. The van der Waals surface area contributed by atoms with E-state index in [0.29, 0.717) is 44.5 Å². The smallest absolute Gasteiger partial charge is 0.336 e. The lowest BCUT2D eigenvalue weighted by Gasteiger charge is -2.28. The van der Waals surface area contributed by atoms with Gasteiger partial charge < -0.3 is 15.3 Å². The van der Waals surface area contributed by atoms with Crippen molar-refractivity contribution < 1.29 is 15.3 Å². The molecule has 4 aromatic rings. The lowest BCUT2D eigenvalue weighted by molar-refractivity contribution is 0.411. The molecule has 0 radical (unpaired) electrons. The number of aromatic nitrogens is 3. The van der Waals surface area contributed by atoms with Crippen molar-refractivity contribution in [3.05, 3.63) is 118 Å². The van der Waals surface area contributed by atoms with E-state index < -0.39 is 38.7 Å². The predicted molar refractivity (Wildman–Crippen MR) is 226 cm³/mol. The van der Waals surface area contributed by atoms with Gasteiger partial charge in [-0.1, -0.05) is 114 Å². The average molecular weight is 768 g/mol. The van der Waals surface area contributed by atoms with Crippen LogP contribution in [-0.4, -0.2) is 29.0 Å². The summed E-state index contributed by atoms with van der Waals surface area (Å²) in [6.07, 6.45) is 5.26. The van der Waals surface area contributed by atoms with Gasteiger partial charge in [-0.3, -0.25) is 0 Å². The molecule has 1 aliphatic rings. The molecular weight excluding hydrogens is 703 g/mol. The molecule has 0 spiro atoms. The monoisotopic (exact) mass is 767 g/mol. The summed E-state index contributed by atoms with van der Waals surface area (Å²) in [5.41, 5.74) is 2.34. The van der Waals surface area contributed by atoms with E-state index in [1.54, 1.807) is 0 Å². The van der Waals surface area contributed by atoms with Gasteiger partial charge in [0.1, 0.15) is 17.2 Å². The Morgan fingerprint density at radius 2 is 0.786 bits per heavy atom. The van der Waals surface area contributed by atoms with Crippen molar-refractivity contribution in [1.29, 1.82) is 0 Å². The SMILES string of the molecule is Cc1cc(Cn2c(=O)n(Cc3cc(C(C)(C)C)c(O)c(C(C)(C)C)c3)c(=O)n(Cc3cc(C(C)(C)C)c(O)c(C(C)(C)C)c3)c2=O)cc(C2CCCCC2)c1O. The molecule has 0 atom stereocenters. The number of phenolic OH excluding ortho intramolecular Hbond substituents is 3. The number of benzene rings is 3. The largest absolute Gasteiger partial charge is 0.507 e. The second-order valence-corrected chi connectivity index (χ2v) is 20.4. The zero-order valence-corrected chi connectivity index (χ0v) is 36.1. The molecule has 1 heterocycles. The van der Waals surface area contributed by atoms with Crippen LogP contribution in [0.2, 0.25) is 0 Å². The Hall–Kier alpha value is -4.53. The van der Waals surface area contributed by atoms with Crippen LogP contribution in [0.3, 0.4) is 0 Å². The van der Waals surface area contributed by atoms with E-state index in [4.69, 9.17) is 0 Å². The number of hydrogen-bond donors (Lipinski definition) is 3. The normalized spacial score (nSPS) is 14.7. The molecule has 56 heavy (non-hydrogen) atoms. The average Bonchev–Trinajstić information content (AvgIpc) is 3.08. The van der Waals surface area contributed by atoms with Crippen LogP contribution < -0.4 is 17.1 Å². The standard InChI is InChI=1S/C47H65N3O6/c1-28-19-29(20-33(38(28)51)32-17-15-14-16-18-32)25-48-41(54)49(26-30-21-34(44(2,3)4)39(52)35(22-30)45(5,6)7)43(56)50(42(48)55)27-31-23-36(46(8,9)10)40(53)37(24-31)47(11,12)13/h19-24,32,51-53H,14-18,25-27H2,1-13H3. The Labute approximate surface area is 332 Å². The van der Waals surface area contributed by atoms with E-state index in [1.807, 2.05) is 126 Å². The molecule has 0 saturated heterocycles. The lowest BCUT2D eigenvalue weighted by atomic mass is 9.78. The van der Waals surface area contributed by atoms with E-state index in [2.05, 4.69) is 0 Å². The minimum Gasteiger partial charge on any atom is -0.507 e. The molecule has 9 heteroatoms. The van der Waals surface area contributed by atoms with Gasteiger partial charge in [0.15, 0.2) is 0 Å². The van der Waals surface area contributed by atoms with Crippen molar-refractivity contribution in [1.82, 2.24) is 13.7 Å². The molecule has 9 nitrogen and oxygen atoms in total. The molecule has 304 valence electrons. The van der Waals surface area contributed by atoms with Crippen LogP contribution in [-0.2, 0) is 41.3 Å². The molecule has 0 amide bonds. The molecule has 3 N–H and O–H groups in total. The second-order valence-electron chi connectivity index (χ2n) is 20.4. The number of phenols is 3. The third-order valence-corrected chi connectivity index (χ3v) is 11.4. The van der Waals surface area contributed by atoms with Crippen LogP contribution in [0.4, 0.5) is 0 Å². The van der Waals surface area contributed by atoms with E-state index in [9.17, 15) is 29.7 Å². The van der Waals surface area contributed by atoms with Crippen LogP contribution in [0.5, 0.6) is 17.2 Å². The summed E-state index contributed by atoms with van der Waals surface area (Å²) in [4.78, 5) is 43.8. The van der Waals surface area contributed by atoms with Crippen molar-refractivity contribution >= 4 is 0 Å². The van der Waals surface area contributed by atoms with Crippen LogP contribution >= 0.6 is 0 Å². The molecule has 1 fully saturated rings. The first-order valence-corrected chi connectivity index (χ1v) is 20.2. The van der Waals surface area contributed by atoms with Crippen LogP contribution in [0.15, 0.2) is 50.8 Å². The number of aryl methyl sites for hydroxylation is 1. The second kappa shape index (κ2) is 15.1. The summed E-state index contributed by atoms with van der Waals surface area (Å²) < 4.78 is 3.37. The molecule has 0 aliphatic heterocycles. The summed E-state index contributed by atoms with van der Waals surface area (Å²) in [6, 6.07) is 11.1. The Bertz CT molecular complexity index is 2120. The summed E-state index contributed by atoms with van der Waals surface area (Å²) in [7, 11) is 0. The van der Waals surface area contributed by atoms with Crippen LogP contribution in [0.25, 0.3) is 0 Å². The molecule has 5 rings (SSSR count). The third kappa shape index (κ3) is 8.72. The number of aromatic hydroxyl groups is 3. The highest BCUT2D eigenvalue weighted by molar-refractivity contribution is 5.51.